The van der Waals surface area contributed by atoms with E-state index in [-0.39, 0.29) is 25.0 Å². The van der Waals surface area contributed by atoms with Crippen LogP contribution in [0, 0.1) is 5.92 Å². The number of carboxylic acid groups (broad SMARTS) is 1. The smallest absolute Gasteiger partial charge is 0.408 e. The van der Waals surface area contributed by atoms with Crippen molar-refractivity contribution in [1.82, 2.24) is 15.5 Å². The van der Waals surface area contributed by atoms with Crippen LogP contribution in [0.1, 0.15) is 70.6 Å². The number of rotatable bonds is 3. The highest BCUT2D eigenvalue weighted by Crippen LogP contribution is 2.45. The fourth-order valence-electron chi connectivity index (χ4n) is 5.41. The number of carbonyl (C=O) groups is 4. The molecule has 2 aliphatic heterocycles. The molecule has 10 nitrogen and oxygen atoms in total. The van der Waals surface area contributed by atoms with Gasteiger partial charge in [-0.3, -0.25) is 9.59 Å². The van der Waals surface area contributed by atoms with Gasteiger partial charge in [-0.1, -0.05) is 25.0 Å². The van der Waals surface area contributed by atoms with E-state index in [1.54, 1.807) is 0 Å². The topological polar surface area (TPSA) is 145 Å². The summed E-state index contributed by atoms with van der Waals surface area (Å²) < 4.78 is 5.48. The SMILES string of the molecule is O=C(N[C@H]1CCCCC/C=C\C2C[C@@]2(C(=O)O)NC(=O)C2C[C@@H](O)CN2C1=O)OC1CCCC1. The van der Waals surface area contributed by atoms with Gasteiger partial charge in [0.05, 0.1) is 6.10 Å². The number of carbonyl (C=O) groups excluding carboxylic acids is 3. The van der Waals surface area contributed by atoms with Crippen LogP contribution in [0.2, 0.25) is 0 Å². The second kappa shape index (κ2) is 10.3. The van der Waals surface area contributed by atoms with Crippen LogP contribution in [0.15, 0.2) is 12.2 Å². The lowest BCUT2D eigenvalue weighted by Gasteiger charge is -2.29. The molecule has 0 bridgehead atoms. The van der Waals surface area contributed by atoms with Crippen LogP contribution >= 0.6 is 0 Å². The standard InChI is InChI=1S/C24H35N3O7/c28-16-12-19-20(29)26-24(22(31)32)13-15(24)8-4-2-1-3-5-11-18(21(30)27(19)14-16)25-23(33)34-17-9-6-7-10-17/h4,8,15-19,28H,1-3,5-7,9-14H2,(H,25,33)(H,26,29)(H,31,32)/b8-4-/t15?,16-,18+,19?,24-/m1/s1. The molecule has 3 amide bonds. The van der Waals surface area contributed by atoms with Crippen molar-refractivity contribution in [2.45, 2.75) is 100 Å². The Morgan fingerprint density at radius 2 is 1.85 bits per heavy atom. The minimum atomic E-state index is -1.38. The molecular formula is C24H35N3O7. The van der Waals surface area contributed by atoms with Crippen molar-refractivity contribution in [1.29, 1.82) is 0 Å². The quantitative estimate of drug-likeness (QED) is 0.450. The highest BCUT2D eigenvalue weighted by Gasteiger charge is 2.61. The number of aliphatic hydroxyl groups excluding tert-OH is 1. The fourth-order valence-corrected chi connectivity index (χ4v) is 5.41. The van der Waals surface area contributed by atoms with Crippen molar-refractivity contribution in [3.8, 4) is 0 Å². The van der Waals surface area contributed by atoms with E-state index in [1.807, 2.05) is 12.2 Å². The molecular weight excluding hydrogens is 442 g/mol. The van der Waals surface area contributed by atoms with Gasteiger partial charge < -0.3 is 30.5 Å². The molecule has 0 aromatic heterocycles. The normalized spacial score (nSPS) is 35.9. The van der Waals surface area contributed by atoms with Gasteiger partial charge in [0.2, 0.25) is 11.8 Å². The number of aliphatic carboxylic acids is 1. The van der Waals surface area contributed by atoms with Crippen LogP contribution in [0.25, 0.3) is 0 Å². The van der Waals surface area contributed by atoms with E-state index in [0.29, 0.717) is 19.3 Å². The lowest BCUT2D eigenvalue weighted by atomic mass is 10.0. The molecule has 0 radical (unpaired) electrons. The largest absolute Gasteiger partial charge is 0.479 e. The predicted octanol–water partition coefficient (Wildman–Crippen LogP) is 1.47. The van der Waals surface area contributed by atoms with Gasteiger partial charge in [-0.15, -0.1) is 0 Å². The first-order valence-electron chi connectivity index (χ1n) is 12.5. The van der Waals surface area contributed by atoms with E-state index >= 15 is 0 Å². The summed E-state index contributed by atoms with van der Waals surface area (Å²) in [4.78, 5) is 52.3. The van der Waals surface area contributed by atoms with Crippen molar-refractivity contribution < 1.29 is 34.1 Å². The zero-order valence-corrected chi connectivity index (χ0v) is 19.4. The molecule has 2 aliphatic carbocycles. The number of hydrogen-bond donors (Lipinski definition) is 4. The molecule has 1 saturated heterocycles. The molecule has 0 aromatic rings. The second-order valence-corrected chi connectivity index (χ2v) is 10.0. The van der Waals surface area contributed by atoms with Crippen LogP contribution in [0.3, 0.4) is 0 Å². The molecule has 2 unspecified atom stereocenters. The number of fused-ring (bicyclic) bond motifs is 2. The van der Waals surface area contributed by atoms with Crippen molar-refractivity contribution in [2.75, 3.05) is 6.54 Å². The second-order valence-electron chi connectivity index (χ2n) is 10.0. The van der Waals surface area contributed by atoms with Crippen molar-refractivity contribution in [3.63, 3.8) is 0 Å². The number of aliphatic hydroxyl groups is 1. The van der Waals surface area contributed by atoms with Crippen LogP contribution in [-0.2, 0) is 19.1 Å². The maximum atomic E-state index is 13.5. The molecule has 4 rings (SSSR count). The molecule has 5 atom stereocenters. The molecule has 2 saturated carbocycles. The van der Waals surface area contributed by atoms with Gasteiger partial charge in [-0.2, -0.15) is 0 Å². The van der Waals surface area contributed by atoms with Gasteiger partial charge in [0.1, 0.15) is 23.7 Å². The summed E-state index contributed by atoms with van der Waals surface area (Å²) in [6.45, 7) is -0.0455. The number of carboxylic acids is 1. The molecule has 2 heterocycles. The highest BCUT2D eigenvalue weighted by molar-refractivity contribution is 5.96. The molecule has 4 aliphatic rings. The van der Waals surface area contributed by atoms with Gasteiger partial charge in [-0.05, 0) is 51.4 Å². The van der Waals surface area contributed by atoms with Crippen molar-refractivity contribution >= 4 is 23.9 Å². The number of nitrogens with zero attached hydrogens (tertiary/aromatic N) is 1. The van der Waals surface area contributed by atoms with E-state index in [2.05, 4.69) is 10.6 Å². The summed E-state index contributed by atoms with van der Waals surface area (Å²) in [7, 11) is 0. The lowest BCUT2D eigenvalue weighted by molar-refractivity contribution is -0.145. The first-order chi connectivity index (χ1) is 16.3. The summed E-state index contributed by atoms with van der Waals surface area (Å²) in [6, 6.07) is -1.87. The average molecular weight is 478 g/mol. The molecule has 188 valence electrons. The monoisotopic (exact) mass is 477 g/mol. The fraction of sp³-hybridized carbons (Fsp3) is 0.750. The van der Waals surface area contributed by atoms with Crippen LogP contribution in [-0.4, -0.2) is 75.4 Å². The summed E-state index contributed by atoms with van der Waals surface area (Å²) in [6.07, 6.45) is 9.65. The Morgan fingerprint density at radius 1 is 1.12 bits per heavy atom. The number of ether oxygens (including phenoxy) is 1. The summed E-state index contributed by atoms with van der Waals surface area (Å²) >= 11 is 0. The highest BCUT2D eigenvalue weighted by atomic mass is 16.6. The molecule has 0 aromatic carbocycles. The minimum Gasteiger partial charge on any atom is -0.479 e. The third kappa shape index (κ3) is 5.37. The molecule has 34 heavy (non-hydrogen) atoms. The van der Waals surface area contributed by atoms with E-state index in [4.69, 9.17) is 4.74 Å². The van der Waals surface area contributed by atoms with E-state index < -0.39 is 47.6 Å². The zero-order valence-electron chi connectivity index (χ0n) is 19.4. The maximum absolute atomic E-state index is 13.5. The third-order valence-corrected chi connectivity index (χ3v) is 7.51. The average Bonchev–Trinajstić information content (AvgIpc) is 3.10. The summed E-state index contributed by atoms with van der Waals surface area (Å²) in [5.41, 5.74) is -1.38. The van der Waals surface area contributed by atoms with Gasteiger partial charge in [-0.25, -0.2) is 9.59 Å². The Bertz CT molecular complexity index is 840. The molecule has 10 heteroatoms. The molecule has 0 spiro atoms. The Balaban J connectivity index is 1.51. The van der Waals surface area contributed by atoms with Gasteiger partial charge >= 0.3 is 12.1 Å². The summed E-state index contributed by atoms with van der Waals surface area (Å²) in [5, 5.41) is 25.4. The van der Waals surface area contributed by atoms with Gasteiger partial charge in [0.15, 0.2) is 0 Å². The van der Waals surface area contributed by atoms with Gasteiger partial charge in [0, 0.05) is 18.9 Å². The Kier molecular flexibility index (Phi) is 7.45. The maximum Gasteiger partial charge on any atom is 0.408 e. The molecule has 4 N–H and O–H groups in total. The number of hydrogen-bond acceptors (Lipinski definition) is 6. The first-order valence-corrected chi connectivity index (χ1v) is 12.5. The van der Waals surface area contributed by atoms with E-state index in [1.165, 1.54) is 4.90 Å². The Labute approximate surface area is 199 Å². The number of nitrogens with one attached hydrogen (secondary N) is 2. The molecule has 3 fully saturated rings. The third-order valence-electron chi connectivity index (χ3n) is 7.51. The van der Waals surface area contributed by atoms with Crippen LogP contribution < -0.4 is 10.6 Å². The number of allylic oxidation sites excluding steroid dienone is 1. The van der Waals surface area contributed by atoms with Crippen molar-refractivity contribution in [2.24, 2.45) is 5.92 Å². The van der Waals surface area contributed by atoms with E-state index in [0.717, 1.165) is 44.9 Å². The van der Waals surface area contributed by atoms with Crippen LogP contribution in [0.4, 0.5) is 4.79 Å². The van der Waals surface area contributed by atoms with Gasteiger partial charge in [0.25, 0.3) is 0 Å². The lowest BCUT2D eigenvalue weighted by Crippen LogP contribution is -2.56. The number of amides is 3. The Morgan fingerprint density at radius 3 is 2.59 bits per heavy atom. The van der Waals surface area contributed by atoms with Crippen LogP contribution in [0.5, 0.6) is 0 Å². The Hall–Kier alpha value is -2.62. The van der Waals surface area contributed by atoms with Crippen molar-refractivity contribution in [3.05, 3.63) is 12.2 Å². The number of alkyl carbamates (subject to hydrolysis) is 1. The zero-order chi connectivity index (χ0) is 24.3. The summed E-state index contributed by atoms with van der Waals surface area (Å²) in [5.74, 6) is -2.45. The first kappa shape index (κ1) is 24.5. The van der Waals surface area contributed by atoms with E-state index in [9.17, 15) is 29.4 Å². The predicted molar refractivity (Wildman–Crippen MR) is 121 cm³/mol. The minimum absolute atomic E-state index is 0.0209.